The largest absolute Gasteiger partial charge is 0.450 e. The van der Waals surface area contributed by atoms with Gasteiger partial charge in [0.05, 0.1) is 6.61 Å². The van der Waals surface area contributed by atoms with Crippen molar-refractivity contribution in [3.05, 3.63) is 59.7 Å². The molecule has 0 aliphatic heterocycles. The van der Waals surface area contributed by atoms with Crippen LogP contribution in [0.4, 0.5) is 4.79 Å². The monoisotopic (exact) mass is 331 g/mol. The lowest BCUT2D eigenvalue weighted by Crippen LogP contribution is -2.35. The maximum atomic E-state index is 12.1. The lowest BCUT2D eigenvalue weighted by molar-refractivity contribution is 0.108. The molecule has 0 fully saturated rings. The fourth-order valence-electron chi connectivity index (χ4n) is 3.22. The first-order valence-corrected chi connectivity index (χ1v) is 7.86. The SMILES string of the molecule is CCOC(=O)N(CC)CC1c2ccccc2-c2ccccc21.Cl. The van der Waals surface area contributed by atoms with Crippen LogP contribution in [0.3, 0.4) is 0 Å². The van der Waals surface area contributed by atoms with Gasteiger partial charge in [0, 0.05) is 19.0 Å². The molecule has 0 saturated carbocycles. The topological polar surface area (TPSA) is 29.5 Å². The maximum absolute atomic E-state index is 12.1. The van der Waals surface area contributed by atoms with Gasteiger partial charge in [-0.15, -0.1) is 12.4 Å². The Bertz CT molecular complexity index is 641. The summed E-state index contributed by atoms with van der Waals surface area (Å²) in [5, 5.41) is 0. The van der Waals surface area contributed by atoms with E-state index in [-0.39, 0.29) is 24.4 Å². The summed E-state index contributed by atoms with van der Waals surface area (Å²) in [7, 11) is 0. The number of carbonyl (C=O) groups is 1. The molecule has 0 unspecified atom stereocenters. The molecule has 0 atom stereocenters. The predicted molar refractivity (Wildman–Crippen MR) is 95.2 cm³/mol. The molecule has 1 aliphatic rings. The molecular weight excluding hydrogens is 310 g/mol. The Morgan fingerprint density at radius 2 is 1.52 bits per heavy atom. The van der Waals surface area contributed by atoms with Gasteiger partial charge in [0.2, 0.25) is 0 Å². The molecule has 0 N–H and O–H groups in total. The third-order valence-electron chi connectivity index (χ3n) is 4.27. The number of likely N-dealkylation sites (N-methyl/N-ethyl adjacent to an activating group) is 1. The Morgan fingerprint density at radius 3 is 2.00 bits per heavy atom. The Morgan fingerprint density at radius 1 is 1.00 bits per heavy atom. The fraction of sp³-hybridized carbons (Fsp3) is 0.316. The number of hydrogen-bond donors (Lipinski definition) is 0. The maximum Gasteiger partial charge on any atom is 0.409 e. The highest BCUT2D eigenvalue weighted by Gasteiger charge is 2.30. The van der Waals surface area contributed by atoms with Gasteiger partial charge in [-0.1, -0.05) is 48.5 Å². The minimum Gasteiger partial charge on any atom is -0.450 e. The number of halogens is 1. The molecule has 23 heavy (non-hydrogen) atoms. The Kier molecular flexibility index (Phi) is 5.67. The van der Waals surface area contributed by atoms with Gasteiger partial charge >= 0.3 is 6.09 Å². The molecule has 0 radical (unpaired) electrons. The van der Waals surface area contributed by atoms with Crippen LogP contribution >= 0.6 is 12.4 Å². The first kappa shape index (κ1) is 17.4. The fourth-order valence-corrected chi connectivity index (χ4v) is 3.22. The van der Waals surface area contributed by atoms with Gasteiger partial charge in [0.15, 0.2) is 0 Å². The van der Waals surface area contributed by atoms with Gasteiger partial charge < -0.3 is 9.64 Å². The number of carbonyl (C=O) groups excluding carboxylic acids is 1. The van der Waals surface area contributed by atoms with Crippen LogP contribution in [0.15, 0.2) is 48.5 Å². The zero-order valence-corrected chi connectivity index (χ0v) is 14.3. The highest BCUT2D eigenvalue weighted by Crippen LogP contribution is 2.44. The van der Waals surface area contributed by atoms with Gasteiger partial charge in [-0.25, -0.2) is 4.79 Å². The molecule has 3 nitrogen and oxygen atoms in total. The summed E-state index contributed by atoms with van der Waals surface area (Å²) >= 11 is 0. The molecule has 4 heteroatoms. The van der Waals surface area contributed by atoms with Crippen LogP contribution in [0, 0.1) is 0 Å². The second-order valence-electron chi connectivity index (χ2n) is 5.46. The van der Waals surface area contributed by atoms with Gasteiger partial charge in [-0.3, -0.25) is 0 Å². The van der Waals surface area contributed by atoms with E-state index < -0.39 is 0 Å². The van der Waals surface area contributed by atoms with Crippen molar-refractivity contribution in [2.24, 2.45) is 0 Å². The molecular formula is C19H22ClNO2. The van der Waals surface area contributed by atoms with Crippen molar-refractivity contribution in [2.45, 2.75) is 19.8 Å². The van der Waals surface area contributed by atoms with Crippen molar-refractivity contribution >= 4 is 18.5 Å². The molecule has 3 rings (SSSR count). The van der Waals surface area contributed by atoms with Crippen molar-refractivity contribution in [3.63, 3.8) is 0 Å². The summed E-state index contributed by atoms with van der Waals surface area (Å²) < 4.78 is 5.17. The van der Waals surface area contributed by atoms with Crippen LogP contribution in [0.2, 0.25) is 0 Å². The number of benzene rings is 2. The molecule has 2 aromatic carbocycles. The predicted octanol–water partition coefficient (Wildman–Crippen LogP) is 4.70. The minimum atomic E-state index is -0.230. The number of ether oxygens (including phenoxy) is 1. The molecule has 0 spiro atoms. The molecule has 0 bridgehead atoms. The lowest BCUT2D eigenvalue weighted by atomic mass is 9.96. The molecule has 1 amide bonds. The summed E-state index contributed by atoms with van der Waals surface area (Å²) in [6.45, 7) is 5.55. The van der Waals surface area contributed by atoms with Crippen molar-refractivity contribution < 1.29 is 9.53 Å². The average molecular weight is 332 g/mol. The summed E-state index contributed by atoms with van der Waals surface area (Å²) in [5.74, 6) is 0.219. The first-order valence-electron chi connectivity index (χ1n) is 7.86. The van der Waals surface area contributed by atoms with Gasteiger partial charge in [0.1, 0.15) is 0 Å². The molecule has 122 valence electrons. The van der Waals surface area contributed by atoms with Crippen molar-refractivity contribution in [1.82, 2.24) is 4.90 Å². The van der Waals surface area contributed by atoms with Gasteiger partial charge in [-0.2, -0.15) is 0 Å². The van der Waals surface area contributed by atoms with Crippen molar-refractivity contribution in [1.29, 1.82) is 0 Å². The second-order valence-corrected chi connectivity index (χ2v) is 5.46. The molecule has 0 aromatic heterocycles. The number of fused-ring (bicyclic) bond motifs is 3. The van der Waals surface area contributed by atoms with Crippen LogP contribution < -0.4 is 0 Å². The summed E-state index contributed by atoms with van der Waals surface area (Å²) in [5.41, 5.74) is 5.16. The number of amides is 1. The zero-order chi connectivity index (χ0) is 15.5. The van der Waals surface area contributed by atoms with Crippen molar-refractivity contribution in [3.8, 4) is 11.1 Å². The third-order valence-corrected chi connectivity index (χ3v) is 4.27. The standard InChI is InChI=1S/C19H21NO2.ClH/c1-3-20(19(21)22-4-2)13-18-16-11-7-5-9-14(16)15-10-6-8-12-17(15)18;/h5-12,18H,3-4,13H2,1-2H3;1H. The van der Waals surface area contributed by atoms with Gasteiger partial charge in [0.25, 0.3) is 0 Å². The quantitative estimate of drug-likeness (QED) is 0.812. The van der Waals surface area contributed by atoms with Crippen LogP contribution in [0.25, 0.3) is 11.1 Å². The first-order chi connectivity index (χ1) is 10.8. The van der Waals surface area contributed by atoms with Crippen LogP contribution in [0.5, 0.6) is 0 Å². The smallest absolute Gasteiger partial charge is 0.409 e. The van der Waals surface area contributed by atoms with Gasteiger partial charge in [-0.05, 0) is 36.1 Å². The zero-order valence-electron chi connectivity index (χ0n) is 13.5. The van der Waals surface area contributed by atoms with Crippen LogP contribution in [0.1, 0.15) is 30.9 Å². The summed E-state index contributed by atoms with van der Waals surface area (Å²) in [6.07, 6.45) is -0.230. The average Bonchev–Trinajstić information content (AvgIpc) is 2.87. The van der Waals surface area contributed by atoms with E-state index in [1.165, 1.54) is 22.3 Å². The minimum absolute atomic E-state index is 0. The summed E-state index contributed by atoms with van der Waals surface area (Å²) in [6, 6.07) is 16.9. The number of rotatable bonds is 4. The summed E-state index contributed by atoms with van der Waals surface area (Å²) in [4.78, 5) is 13.9. The van der Waals surface area contributed by atoms with E-state index in [2.05, 4.69) is 48.5 Å². The van der Waals surface area contributed by atoms with E-state index in [1.54, 1.807) is 4.90 Å². The van der Waals surface area contributed by atoms with Crippen LogP contribution in [-0.2, 0) is 4.74 Å². The Balaban J connectivity index is 0.00000192. The van der Waals surface area contributed by atoms with E-state index in [4.69, 9.17) is 4.74 Å². The molecule has 1 aliphatic carbocycles. The highest BCUT2D eigenvalue weighted by atomic mass is 35.5. The molecule has 2 aromatic rings. The third kappa shape index (κ3) is 3.20. The number of hydrogen-bond acceptors (Lipinski definition) is 2. The molecule has 0 saturated heterocycles. The molecule has 0 heterocycles. The van der Waals surface area contributed by atoms with E-state index in [0.29, 0.717) is 19.7 Å². The van der Waals surface area contributed by atoms with E-state index in [1.807, 2.05) is 13.8 Å². The van der Waals surface area contributed by atoms with E-state index in [9.17, 15) is 4.79 Å². The highest BCUT2D eigenvalue weighted by molar-refractivity contribution is 5.85. The number of nitrogens with zero attached hydrogens (tertiary/aromatic N) is 1. The lowest BCUT2D eigenvalue weighted by Gasteiger charge is -2.24. The van der Waals surface area contributed by atoms with Crippen molar-refractivity contribution in [2.75, 3.05) is 19.7 Å². The Hall–Kier alpha value is -2.00. The second kappa shape index (κ2) is 7.51. The van der Waals surface area contributed by atoms with E-state index >= 15 is 0 Å². The Labute approximate surface area is 143 Å². The normalized spacial score (nSPS) is 12.1. The van der Waals surface area contributed by atoms with Crippen LogP contribution in [-0.4, -0.2) is 30.7 Å². The van der Waals surface area contributed by atoms with E-state index in [0.717, 1.165) is 0 Å².